The zero-order chi connectivity index (χ0) is 13.5. The molecule has 17 heavy (non-hydrogen) atoms. The van der Waals surface area contributed by atoms with Crippen LogP contribution in [0.5, 0.6) is 0 Å². The highest BCUT2D eigenvalue weighted by atomic mass is 35.7. The van der Waals surface area contributed by atoms with E-state index in [9.17, 15) is 0 Å². The van der Waals surface area contributed by atoms with Crippen molar-refractivity contribution < 1.29 is 28.9 Å². The standard InChI is InChI=1S/C9H11ClN2.ClHO4/c1-12(2)9(10)11-8-6-4-3-5-7-8;2-1(3,4)5/h3-7H,1-2H3;(H,2,3,4,5). The topological polar surface area (TPSA) is 105 Å². The third kappa shape index (κ3) is 11.4. The molecule has 0 aliphatic rings. The predicted octanol–water partition coefficient (Wildman–Crippen LogP) is -1.65. The Morgan fingerprint density at radius 2 is 1.65 bits per heavy atom. The van der Waals surface area contributed by atoms with Crippen LogP contribution in [0.2, 0.25) is 0 Å². The quantitative estimate of drug-likeness (QED) is 0.378. The molecule has 0 radical (unpaired) electrons. The Morgan fingerprint density at radius 1 is 1.24 bits per heavy atom. The van der Waals surface area contributed by atoms with Crippen LogP contribution in [0.25, 0.3) is 0 Å². The highest BCUT2D eigenvalue weighted by Crippen LogP contribution is 2.11. The van der Waals surface area contributed by atoms with Crippen molar-refractivity contribution in [2.24, 2.45) is 4.99 Å². The summed E-state index contributed by atoms with van der Waals surface area (Å²) in [5.74, 6) is 0. The lowest BCUT2D eigenvalue weighted by atomic mass is 10.3. The van der Waals surface area contributed by atoms with Gasteiger partial charge in [0.25, 0.3) is 0 Å². The molecule has 1 N–H and O–H groups in total. The lowest BCUT2D eigenvalue weighted by Gasteiger charge is -2.07. The molecule has 0 saturated heterocycles. The van der Waals surface area contributed by atoms with Gasteiger partial charge in [-0.05, 0) is 23.7 Å². The summed E-state index contributed by atoms with van der Waals surface area (Å²) in [6, 6.07) is 9.62. The van der Waals surface area contributed by atoms with E-state index in [4.69, 9.17) is 30.2 Å². The molecule has 1 aromatic carbocycles. The smallest absolute Gasteiger partial charge is 0.198 e. The zero-order valence-corrected chi connectivity index (χ0v) is 10.7. The molecule has 0 amide bonds. The van der Waals surface area contributed by atoms with Crippen LogP contribution < -0.4 is 14.0 Å². The molecule has 0 aliphatic heterocycles. The highest BCUT2D eigenvalue weighted by molar-refractivity contribution is 6.64. The third-order valence-electron chi connectivity index (χ3n) is 1.35. The van der Waals surface area contributed by atoms with E-state index in [0.29, 0.717) is 5.29 Å². The molecule has 0 saturated carbocycles. The van der Waals surface area contributed by atoms with Gasteiger partial charge in [-0.25, -0.2) is 4.99 Å². The Hall–Kier alpha value is -0.890. The Labute approximate surface area is 106 Å². The number of amidine groups is 1. The second-order valence-electron chi connectivity index (χ2n) is 3.01. The van der Waals surface area contributed by atoms with E-state index in [1.807, 2.05) is 44.4 Å². The normalized spacial score (nSPS) is 11.6. The Bertz CT molecular complexity index is 346. The maximum atomic E-state index is 8.60. The highest BCUT2D eigenvalue weighted by Gasteiger charge is 1.98. The van der Waals surface area contributed by atoms with Crippen molar-refractivity contribution in [3.63, 3.8) is 0 Å². The number of rotatable bonds is 1. The van der Waals surface area contributed by atoms with Crippen molar-refractivity contribution >= 4 is 22.6 Å². The lowest BCUT2D eigenvalue weighted by Crippen LogP contribution is -2.58. The number of para-hydroxylation sites is 1. The van der Waals surface area contributed by atoms with Gasteiger partial charge in [-0.3, -0.25) is 0 Å². The molecule has 0 aromatic heterocycles. The number of halogens is 2. The van der Waals surface area contributed by atoms with E-state index >= 15 is 0 Å². The number of nitrogens with zero attached hydrogens (tertiary/aromatic N) is 2. The van der Waals surface area contributed by atoms with Gasteiger partial charge in [-0.1, -0.05) is 18.2 Å². The van der Waals surface area contributed by atoms with E-state index in [2.05, 4.69) is 4.99 Å². The molecule has 0 spiro atoms. The fraction of sp³-hybridized carbons (Fsp3) is 0.222. The van der Waals surface area contributed by atoms with Crippen LogP contribution in [0.3, 0.4) is 0 Å². The SMILES string of the molecule is CN(C)C(Cl)=Nc1ccccc1.[O-][Cl+3]([O-])([O-])O. The Morgan fingerprint density at radius 3 is 2.00 bits per heavy atom. The molecule has 1 rings (SSSR count). The molecular formula is C9H12Cl2N2O4. The van der Waals surface area contributed by atoms with Crippen molar-refractivity contribution in [2.45, 2.75) is 0 Å². The van der Waals surface area contributed by atoms with E-state index < -0.39 is 10.2 Å². The summed E-state index contributed by atoms with van der Waals surface area (Å²) >= 11 is 5.83. The largest absolute Gasteiger partial charge is 0.353 e. The second-order valence-corrected chi connectivity index (χ2v) is 4.14. The van der Waals surface area contributed by atoms with E-state index in [0.717, 1.165) is 5.69 Å². The van der Waals surface area contributed by atoms with Crippen molar-refractivity contribution in [1.82, 2.24) is 4.90 Å². The predicted molar refractivity (Wildman–Crippen MR) is 55.3 cm³/mol. The second kappa shape index (κ2) is 7.44. The maximum Gasteiger partial charge on any atom is 0.198 e. The van der Waals surface area contributed by atoms with Gasteiger partial charge < -0.3 is 4.90 Å². The summed E-state index contributed by atoms with van der Waals surface area (Å²) in [4.78, 5) is 5.93. The molecule has 0 heterocycles. The summed E-state index contributed by atoms with van der Waals surface area (Å²) in [5, 5.41) is 0.487. The minimum absolute atomic E-state index is 0.487. The fourth-order valence-corrected chi connectivity index (χ4v) is 0.807. The van der Waals surface area contributed by atoms with Crippen molar-refractivity contribution in [2.75, 3.05) is 14.1 Å². The van der Waals surface area contributed by atoms with Crippen LogP contribution in [0.1, 0.15) is 0 Å². The summed E-state index contributed by atoms with van der Waals surface area (Å²) in [6.07, 6.45) is 0. The van der Waals surface area contributed by atoms with Crippen LogP contribution >= 0.6 is 11.6 Å². The first-order valence-electron chi connectivity index (χ1n) is 4.30. The number of aliphatic imine (C=N–C) groups is 1. The van der Waals surface area contributed by atoms with Gasteiger partial charge in [-0.15, -0.1) is 0 Å². The monoisotopic (exact) mass is 282 g/mol. The number of hydrogen-bond acceptors (Lipinski definition) is 5. The molecule has 0 bridgehead atoms. The van der Waals surface area contributed by atoms with Gasteiger partial charge >= 0.3 is 0 Å². The molecule has 8 heteroatoms. The van der Waals surface area contributed by atoms with Gasteiger partial charge in [-0.2, -0.15) is 14.0 Å². The minimum atomic E-state index is -4.69. The summed E-state index contributed by atoms with van der Waals surface area (Å²) in [7, 11) is -0.983. The van der Waals surface area contributed by atoms with Gasteiger partial charge in [0.2, 0.25) is 0 Å². The van der Waals surface area contributed by atoms with Crippen LogP contribution in [0.4, 0.5) is 5.69 Å². The first-order chi connectivity index (χ1) is 7.70. The van der Waals surface area contributed by atoms with Crippen LogP contribution in [-0.2, 0) is 0 Å². The third-order valence-corrected chi connectivity index (χ3v) is 1.77. The Balaban J connectivity index is 0.000000437. The molecular weight excluding hydrogens is 271 g/mol. The zero-order valence-electron chi connectivity index (χ0n) is 9.21. The molecule has 0 atom stereocenters. The summed E-state index contributed by atoms with van der Waals surface area (Å²) in [6.45, 7) is 0. The fourth-order valence-electron chi connectivity index (χ4n) is 0.709. The van der Waals surface area contributed by atoms with Crippen molar-refractivity contribution in [3.05, 3.63) is 30.3 Å². The molecule has 96 valence electrons. The first-order valence-corrected chi connectivity index (χ1v) is 5.94. The Kier molecular flexibility index (Phi) is 7.05. The lowest BCUT2D eigenvalue weighted by molar-refractivity contribution is -1.92. The van der Waals surface area contributed by atoms with Gasteiger partial charge in [0.15, 0.2) is 5.29 Å². The van der Waals surface area contributed by atoms with Crippen LogP contribution in [0, 0.1) is 10.2 Å². The average molecular weight is 283 g/mol. The van der Waals surface area contributed by atoms with Gasteiger partial charge in [0.1, 0.15) is 0 Å². The average Bonchev–Trinajstić information content (AvgIpc) is 2.16. The molecule has 0 fully saturated rings. The van der Waals surface area contributed by atoms with E-state index in [1.54, 1.807) is 4.90 Å². The van der Waals surface area contributed by atoms with E-state index in [-0.39, 0.29) is 0 Å². The number of benzene rings is 1. The molecule has 0 unspecified atom stereocenters. The van der Waals surface area contributed by atoms with E-state index in [1.165, 1.54) is 0 Å². The first kappa shape index (κ1) is 16.1. The van der Waals surface area contributed by atoms with Crippen LogP contribution in [-0.4, -0.2) is 28.9 Å². The van der Waals surface area contributed by atoms with Gasteiger partial charge in [0.05, 0.1) is 20.6 Å². The molecule has 1 aromatic rings. The minimum Gasteiger partial charge on any atom is -0.353 e. The number of hydrogen-bond donors (Lipinski definition) is 1. The van der Waals surface area contributed by atoms with Gasteiger partial charge in [0, 0.05) is 14.1 Å². The molecule has 0 aliphatic carbocycles. The summed E-state index contributed by atoms with van der Waals surface area (Å²) in [5.41, 5.74) is 0.871. The molecule has 6 nitrogen and oxygen atoms in total. The van der Waals surface area contributed by atoms with Crippen molar-refractivity contribution in [3.8, 4) is 0 Å². The maximum absolute atomic E-state index is 8.60. The van der Waals surface area contributed by atoms with Crippen molar-refractivity contribution in [1.29, 1.82) is 0 Å². The van der Waals surface area contributed by atoms with Crippen LogP contribution in [0.15, 0.2) is 35.3 Å². The summed E-state index contributed by atoms with van der Waals surface area (Å²) < 4.78 is 32.7.